The van der Waals surface area contributed by atoms with Crippen LogP contribution in [-0.2, 0) is 6.54 Å². The van der Waals surface area contributed by atoms with Crippen molar-refractivity contribution in [2.75, 3.05) is 43.4 Å². The number of hydrogen-bond donors (Lipinski definition) is 2. The summed E-state index contributed by atoms with van der Waals surface area (Å²) in [7, 11) is 0. The lowest BCUT2D eigenvalue weighted by atomic mass is 10.2. The third kappa shape index (κ3) is 4.30. The highest BCUT2D eigenvalue weighted by molar-refractivity contribution is 6.02. The van der Waals surface area contributed by atoms with E-state index in [-0.39, 0.29) is 17.5 Å². The molecule has 0 saturated carbocycles. The van der Waals surface area contributed by atoms with Crippen molar-refractivity contribution in [2.45, 2.75) is 20.4 Å². The van der Waals surface area contributed by atoms with E-state index in [1.165, 1.54) is 10.7 Å². The fourth-order valence-electron chi connectivity index (χ4n) is 5.22. The SMILES string of the molecule is Cc1cc(N2CCN(CCn3c(C(=O)O)c(C)c4c3nc(N)n3nc(-c5ccccn5)nc43)CC2)c(F)cn1. The summed E-state index contributed by atoms with van der Waals surface area (Å²) in [5.74, 6) is -0.908. The van der Waals surface area contributed by atoms with Gasteiger partial charge in [0.15, 0.2) is 11.5 Å². The molecular formula is C26H27FN10O2. The number of piperazine rings is 1. The van der Waals surface area contributed by atoms with E-state index in [0.717, 1.165) is 5.69 Å². The van der Waals surface area contributed by atoms with Crippen molar-refractivity contribution in [2.24, 2.45) is 0 Å². The Bertz CT molecular complexity index is 1710. The number of nitrogens with zero attached hydrogens (tertiary/aromatic N) is 9. The molecule has 0 amide bonds. The van der Waals surface area contributed by atoms with Gasteiger partial charge in [0.05, 0.1) is 17.3 Å². The van der Waals surface area contributed by atoms with Gasteiger partial charge in [0.2, 0.25) is 11.8 Å². The first-order chi connectivity index (χ1) is 18.8. The lowest BCUT2D eigenvalue weighted by Crippen LogP contribution is -2.47. The highest BCUT2D eigenvalue weighted by Gasteiger charge is 2.27. The lowest BCUT2D eigenvalue weighted by molar-refractivity contribution is 0.0683. The molecule has 1 aliphatic rings. The van der Waals surface area contributed by atoms with E-state index in [1.807, 2.05) is 17.9 Å². The third-order valence-corrected chi connectivity index (χ3v) is 7.17. The van der Waals surface area contributed by atoms with Crippen LogP contribution in [0.2, 0.25) is 0 Å². The number of halogens is 1. The van der Waals surface area contributed by atoms with Crippen LogP contribution in [0.15, 0.2) is 36.7 Å². The van der Waals surface area contributed by atoms with Gasteiger partial charge in [-0.25, -0.2) is 14.2 Å². The molecule has 0 bridgehead atoms. The van der Waals surface area contributed by atoms with Gasteiger partial charge in [-0.1, -0.05) is 6.07 Å². The number of aromatic carboxylic acids is 1. The average Bonchev–Trinajstić information content (AvgIpc) is 3.49. The summed E-state index contributed by atoms with van der Waals surface area (Å²) in [4.78, 5) is 34.2. The van der Waals surface area contributed by atoms with Gasteiger partial charge in [0, 0.05) is 51.2 Å². The molecule has 3 N–H and O–H groups in total. The van der Waals surface area contributed by atoms with Crippen LogP contribution in [0.5, 0.6) is 0 Å². The lowest BCUT2D eigenvalue weighted by Gasteiger charge is -2.36. The Kier molecular flexibility index (Phi) is 6.06. The highest BCUT2D eigenvalue weighted by Crippen LogP contribution is 2.30. The molecule has 200 valence electrons. The maximum Gasteiger partial charge on any atom is 0.352 e. The number of aryl methyl sites for hydroxylation is 2. The molecule has 13 heteroatoms. The molecule has 0 radical (unpaired) electrons. The van der Waals surface area contributed by atoms with Gasteiger partial charge in [-0.15, -0.1) is 5.10 Å². The third-order valence-electron chi connectivity index (χ3n) is 7.17. The Balaban J connectivity index is 1.30. The molecule has 0 spiro atoms. The maximum atomic E-state index is 14.3. The minimum absolute atomic E-state index is 0.103. The molecule has 0 unspecified atom stereocenters. The molecule has 39 heavy (non-hydrogen) atoms. The summed E-state index contributed by atoms with van der Waals surface area (Å²) in [6.45, 7) is 7.29. The van der Waals surface area contributed by atoms with Crippen LogP contribution in [-0.4, -0.2) is 82.8 Å². The van der Waals surface area contributed by atoms with Crippen LogP contribution >= 0.6 is 0 Å². The van der Waals surface area contributed by atoms with Gasteiger partial charge >= 0.3 is 5.97 Å². The fourth-order valence-corrected chi connectivity index (χ4v) is 5.22. The smallest absolute Gasteiger partial charge is 0.352 e. The number of carboxylic acids is 1. The van der Waals surface area contributed by atoms with Gasteiger partial charge < -0.3 is 20.3 Å². The second-order valence-corrected chi connectivity index (χ2v) is 9.59. The van der Waals surface area contributed by atoms with E-state index in [2.05, 4.69) is 29.9 Å². The monoisotopic (exact) mass is 530 g/mol. The molecule has 1 fully saturated rings. The number of aromatic nitrogens is 7. The van der Waals surface area contributed by atoms with Crippen molar-refractivity contribution in [3.05, 3.63) is 59.4 Å². The van der Waals surface area contributed by atoms with Crippen molar-refractivity contribution in [3.8, 4) is 11.5 Å². The van der Waals surface area contributed by atoms with Crippen molar-refractivity contribution in [3.63, 3.8) is 0 Å². The normalized spacial score (nSPS) is 14.5. The molecule has 5 aromatic rings. The number of pyridine rings is 2. The van der Waals surface area contributed by atoms with Crippen LogP contribution in [0.4, 0.5) is 16.0 Å². The van der Waals surface area contributed by atoms with E-state index < -0.39 is 5.97 Å². The van der Waals surface area contributed by atoms with Crippen molar-refractivity contribution < 1.29 is 14.3 Å². The zero-order valence-electron chi connectivity index (χ0n) is 21.5. The maximum absolute atomic E-state index is 14.3. The Labute approximate surface area is 222 Å². The fraction of sp³-hybridized carbons (Fsp3) is 0.308. The van der Waals surface area contributed by atoms with Crippen molar-refractivity contribution >= 4 is 34.3 Å². The summed E-state index contributed by atoms with van der Waals surface area (Å²) < 4.78 is 17.4. The first kappa shape index (κ1) is 24.7. The van der Waals surface area contributed by atoms with Crippen LogP contribution < -0.4 is 10.6 Å². The molecule has 1 saturated heterocycles. The van der Waals surface area contributed by atoms with Crippen LogP contribution in [0.25, 0.3) is 28.2 Å². The van der Waals surface area contributed by atoms with Crippen LogP contribution in [0, 0.1) is 19.7 Å². The molecule has 5 aromatic heterocycles. The molecule has 12 nitrogen and oxygen atoms in total. The highest BCUT2D eigenvalue weighted by atomic mass is 19.1. The van der Waals surface area contributed by atoms with Gasteiger partial charge in [0.25, 0.3) is 0 Å². The first-order valence-corrected chi connectivity index (χ1v) is 12.6. The molecule has 0 atom stereocenters. The summed E-state index contributed by atoms with van der Waals surface area (Å²) in [6, 6.07) is 7.19. The molecular weight excluding hydrogens is 503 g/mol. The van der Waals surface area contributed by atoms with Gasteiger partial charge in [-0.3, -0.25) is 14.9 Å². The number of anilines is 2. The first-order valence-electron chi connectivity index (χ1n) is 12.6. The largest absolute Gasteiger partial charge is 0.477 e. The molecule has 6 heterocycles. The summed E-state index contributed by atoms with van der Waals surface area (Å²) in [6.07, 6.45) is 2.91. The Morgan fingerprint density at radius 1 is 1.08 bits per heavy atom. The Morgan fingerprint density at radius 2 is 1.87 bits per heavy atom. The van der Waals surface area contributed by atoms with E-state index in [9.17, 15) is 14.3 Å². The second-order valence-electron chi connectivity index (χ2n) is 9.59. The number of nitrogen functional groups attached to an aromatic ring is 1. The minimum atomic E-state index is -1.06. The predicted octanol–water partition coefficient (Wildman–Crippen LogP) is 2.39. The number of carbonyl (C=O) groups is 1. The molecule has 0 aliphatic carbocycles. The predicted molar refractivity (Wildman–Crippen MR) is 143 cm³/mol. The van der Waals surface area contributed by atoms with Crippen molar-refractivity contribution in [1.82, 2.24) is 39.0 Å². The standard InChI is InChI=1S/C26H27FN10O2/c1-15-13-19(17(27)14-30-15)35-10-7-34(8-11-35)9-12-36-21(25(38)39)16(2)20-23(36)32-26(28)37-24(20)31-22(33-37)18-5-3-4-6-29-18/h3-6,13-14H,7-12H2,1-2H3,(H2,28,32)(H,38,39). The topological polar surface area (TPSA) is 144 Å². The van der Waals surface area contributed by atoms with E-state index in [0.29, 0.717) is 78.7 Å². The number of carboxylic acid groups (broad SMARTS) is 1. The van der Waals surface area contributed by atoms with E-state index in [4.69, 9.17) is 5.73 Å². The number of fused-ring (bicyclic) bond motifs is 3. The Morgan fingerprint density at radius 3 is 2.59 bits per heavy atom. The minimum Gasteiger partial charge on any atom is -0.477 e. The van der Waals surface area contributed by atoms with E-state index >= 15 is 0 Å². The van der Waals surface area contributed by atoms with Gasteiger partial charge in [-0.2, -0.15) is 9.50 Å². The van der Waals surface area contributed by atoms with Crippen LogP contribution in [0.1, 0.15) is 21.7 Å². The summed E-state index contributed by atoms with van der Waals surface area (Å²) >= 11 is 0. The zero-order chi connectivity index (χ0) is 27.3. The summed E-state index contributed by atoms with van der Waals surface area (Å²) in [5, 5.41) is 15.2. The molecule has 6 rings (SSSR count). The van der Waals surface area contributed by atoms with E-state index in [1.54, 1.807) is 35.9 Å². The zero-order valence-corrected chi connectivity index (χ0v) is 21.5. The second kappa shape index (κ2) is 9.58. The quantitative estimate of drug-likeness (QED) is 0.336. The number of rotatable bonds is 6. The number of nitrogens with two attached hydrogens (primary N) is 1. The molecule has 0 aromatic carbocycles. The average molecular weight is 531 g/mol. The summed E-state index contributed by atoms with van der Waals surface area (Å²) in [5.41, 5.74) is 9.73. The molecule has 1 aliphatic heterocycles. The van der Waals surface area contributed by atoms with Crippen LogP contribution in [0.3, 0.4) is 0 Å². The Hall–Kier alpha value is -4.65. The van der Waals surface area contributed by atoms with Crippen molar-refractivity contribution in [1.29, 1.82) is 0 Å². The number of hydrogen-bond acceptors (Lipinski definition) is 9. The van der Waals surface area contributed by atoms with Gasteiger partial charge in [-0.05, 0) is 37.6 Å². The van der Waals surface area contributed by atoms with Gasteiger partial charge in [0.1, 0.15) is 17.0 Å².